The molecule has 5 aromatic rings. The number of nitrogens with zero attached hydrogens (tertiary/aromatic N) is 4. The number of aryl methyl sites for hydroxylation is 1. The van der Waals surface area contributed by atoms with E-state index in [1.165, 1.54) is 34.9 Å². The second-order valence-electron chi connectivity index (χ2n) is 13.0. The third kappa shape index (κ3) is 4.61. The van der Waals surface area contributed by atoms with Crippen LogP contribution in [0, 0.1) is 11.8 Å². The van der Waals surface area contributed by atoms with Gasteiger partial charge in [-0.2, -0.15) is 0 Å². The molecule has 224 valence electrons. The molecule has 0 spiro atoms. The first-order valence-corrected chi connectivity index (χ1v) is 15.9. The molecule has 7 nitrogen and oxygen atoms in total. The highest BCUT2D eigenvalue weighted by Crippen LogP contribution is 2.40. The summed E-state index contributed by atoms with van der Waals surface area (Å²) < 4.78 is 10.4. The fraction of sp³-hybridized carbons (Fsp3) is 0.351. The lowest BCUT2D eigenvalue weighted by atomic mass is 10.1. The summed E-state index contributed by atoms with van der Waals surface area (Å²) in [5.74, 6) is 2.66. The molecule has 2 saturated carbocycles. The van der Waals surface area contributed by atoms with Gasteiger partial charge in [-0.3, -0.25) is 4.79 Å². The number of carbonyl (C=O) groups is 1. The number of nitrogens with two attached hydrogens (primary N) is 1. The number of hydrogen-bond acceptors (Lipinski definition) is 4. The predicted molar refractivity (Wildman–Crippen MR) is 176 cm³/mol. The van der Waals surface area contributed by atoms with Crippen molar-refractivity contribution in [3.05, 3.63) is 89.5 Å². The second kappa shape index (κ2) is 10.7. The van der Waals surface area contributed by atoms with Gasteiger partial charge in [0.05, 0.1) is 18.3 Å². The zero-order chi connectivity index (χ0) is 29.9. The number of piperidine rings is 1. The van der Waals surface area contributed by atoms with Gasteiger partial charge in [0, 0.05) is 48.7 Å². The first kappa shape index (κ1) is 27.2. The minimum Gasteiger partial charge on any atom is -0.494 e. The van der Waals surface area contributed by atoms with Crippen LogP contribution in [0.2, 0.25) is 0 Å². The van der Waals surface area contributed by atoms with Crippen molar-refractivity contribution >= 4 is 33.9 Å². The van der Waals surface area contributed by atoms with Gasteiger partial charge in [-0.1, -0.05) is 54.6 Å². The molecule has 44 heavy (non-hydrogen) atoms. The summed E-state index contributed by atoms with van der Waals surface area (Å²) >= 11 is 0. The van der Waals surface area contributed by atoms with Gasteiger partial charge < -0.3 is 24.5 Å². The molecular weight excluding hydrogens is 546 g/mol. The molecule has 2 aliphatic carbocycles. The van der Waals surface area contributed by atoms with Crippen LogP contribution in [0.25, 0.3) is 39.5 Å². The molecule has 1 unspecified atom stereocenters. The van der Waals surface area contributed by atoms with E-state index in [2.05, 4.69) is 75.9 Å². The Balaban J connectivity index is 1.17. The van der Waals surface area contributed by atoms with Gasteiger partial charge in [0.1, 0.15) is 11.3 Å². The lowest BCUT2D eigenvalue weighted by Crippen LogP contribution is -2.41. The fourth-order valence-corrected chi connectivity index (χ4v) is 7.53. The highest BCUT2D eigenvalue weighted by molar-refractivity contribution is 6.00. The van der Waals surface area contributed by atoms with Crippen LogP contribution in [0.3, 0.4) is 0 Å². The number of methoxy groups -OCH3 is 1. The lowest BCUT2D eigenvalue weighted by molar-refractivity contribution is 0.0700. The molecule has 3 aromatic carbocycles. The molecule has 2 N–H and O–H groups in total. The predicted octanol–water partition coefficient (Wildman–Crippen LogP) is 6.43. The number of aromatic nitrogens is 3. The number of rotatable bonds is 8. The average Bonchev–Trinajstić information content (AvgIpc) is 3.45. The Hall–Kier alpha value is -4.36. The summed E-state index contributed by atoms with van der Waals surface area (Å²) in [6.45, 7) is 1.71. The van der Waals surface area contributed by atoms with Crippen molar-refractivity contribution in [1.82, 2.24) is 19.0 Å². The van der Waals surface area contributed by atoms with Gasteiger partial charge in [0.2, 0.25) is 0 Å². The molecule has 7 heteroatoms. The summed E-state index contributed by atoms with van der Waals surface area (Å²) in [4.78, 5) is 20.9. The Morgan fingerprint density at radius 2 is 1.89 bits per heavy atom. The number of amides is 1. The monoisotopic (exact) mass is 585 g/mol. The highest BCUT2D eigenvalue weighted by Gasteiger charge is 2.47. The van der Waals surface area contributed by atoms with E-state index in [9.17, 15) is 4.79 Å². The summed E-state index contributed by atoms with van der Waals surface area (Å²) in [6, 6.07) is 23.6. The number of benzene rings is 3. The van der Waals surface area contributed by atoms with Crippen LogP contribution in [0.15, 0.2) is 72.8 Å². The normalized spacial score (nSPS) is 21.3. The van der Waals surface area contributed by atoms with Crippen LogP contribution < -0.4 is 10.5 Å². The van der Waals surface area contributed by atoms with Crippen LogP contribution in [0.1, 0.15) is 47.2 Å². The van der Waals surface area contributed by atoms with E-state index >= 15 is 0 Å². The van der Waals surface area contributed by atoms with Crippen molar-refractivity contribution in [1.29, 1.82) is 0 Å². The Bertz CT molecular complexity index is 1920. The molecule has 1 saturated heterocycles. The summed E-state index contributed by atoms with van der Waals surface area (Å²) in [5.41, 5.74) is 13.5. The van der Waals surface area contributed by atoms with Crippen molar-refractivity contribution in [3.63, 3.8) is 0 Å². The maximum absolute atomic E-state index is 13.7. The first-order valence-electron chi connectivity index (χ1n) is 15.9. The number of hydrogen-bond donors (Lipinski definition) is 1. The summed E-state index contributed by atoms with van der Waals surface area (Å²) in [5, 5.41) is 1.20. The van der Waals surface area contributed by atoms with Crippen LogP contribution in [0.5, 0.6) is 5.75 Å². The molecule has 3 heterocycles. The first-order chi connectivity index (χ1) is 21.5. The molecule has 2 bridgehead atoms. The number of fused-ring (bicyclic) bond motifs is 4. The Kier molecular flexibility index (Phi) is 6.60. The van der Waals surface area contributed by atoms with E-state index in [1.54, 1.807) is 7.11 Å². The van der Waals surface area contributed by atoms with Gasteiger partial charge in [-0.15, -0.1) is 0 Å². The van der Waals surface area contributed by atoms with Crippen LogP contribution >= 0.6 is 0 Å². The topological polar surface area (TPSA) is 78.3 Å². The maximum Gasteiger partial charge on any atom is 0.254 e. The van der Waals surface area contributed by atoms with E-state index in [1.807, 2.05) is 24.1 Å². The Morgan fingerprint density at radius 1 is 1.05 bits per heavy atom. The molecule has 1 amide bonds. The van der Waals surface area contributed by atoms with Gasteiger partial charge in [-0.25, -0.2) is 4.98 Å². The van der Waals surface area contributed by atoms with Gasteiger partial charge >= 0.3 is 0 Å². The van der Waals surface area contributed by atoms with Crippen LogP contribution in [-0.2, 0) is 20.0 Å². The third-order valence-corrected chi connectivity index (χ3v) is 10.1. The Morgan fingerprint density at radius 3 is 2.61 bits per heavy atom. The van der Waals surface area contributed by atoms with Gasteiger partial charge in [0.25, 0.3) is 5.91 Å². The molecule has 3 atom stereocenters. The van der Waals surface area contributed by atoms with Crippen molar-refractivity contribution in [2.75, 3.05) is 13.7 Å². The zero-order valence-electron chi connectivity index (χ0n) is 25.4. The quantitative estimate of drug-likeness (QED) is 0.228. The van der Waals surface area contributed by atoms with Gasteiger partial charge in [0.15, 0.2) is 5.82 Å². The molecule has 8 rings (SSSR count). The van der Waals surface area contributed by atoms with E-state index in [4.69, 9.17) is 15.5 Å². The minimum absolute atomic E-state index is 0.0238. The Labute approximate surface area is 257 Å². The van der Waals surface area contributed by atoms with Crippen LogP contribution in [-0.4, -0.2) is 50.7 Å². The highest BCUT2D eigenvalue weighted by atomic mass is 16.5. The average molecular weight is 586 g/mol. The minimum atomic E-state index is 0.0238. The van der Waals surface area contributed by atoms with E-state index in [-0.39, 0.29) is 18.0 Å². The molecular formula is C37H39N5O2. The largest absolute Gasteiger partial charge is 0.494 e. The number of likely N-dealkylation sites (tertiary alicyclic amines) is 1. The number of allylic oxidation sites excluding steroid dienone is 1. The van der Waals surface area contributed by atoms with E-state index in [0.717, 1.165) is 54.9 Å². The smallest absolute Gasteiger partial charge is 0.254 e. The molecule has 3 aliphatic rings. The van der Waals surface area contributed by atoms with E-state index in [0.29, 0.717) is 23.1 Å². The van der Waals surface area contributed by atoms with Crippen LogP contribution in [0.4, 0.5) is 0 Å². The molecule has 2 aromatic heterocycles. The lowest BCUT2D eigenvalue weighted by Gasteiger charge is -2.27. The standard InChI is InChI=1S/C37H39N5O2/c1-40-35-29(18-28(20-33(35)44-2)37(43)42-22-27-15-16-30(42)34(27)38)39-36(40)32-19-26-14-13-24(10-6-9-23-7-4-3-5-8-23)17-31(26)41(32)21-25-11-12-25/h3-8,10,13-14,17-20,25,27,30,34H,9,11-12,15-16,21-22,38H2,1-2H3/b10-6+/t27-,30?,34+/m1/s1. The third-order valence-electron chi connectivity index (χ3n) is 10.1. The number of carbonyl (C=O) groups excluding carboxylic acids is 1. The fourth-order valence-electron chi connectivity index (χ4n) is 7.53. The van der Waals surface area contributed by atoms with Gasteiger partial charge in [-0.05, 0) is 79.3 Å². The van der Waals surface area contributed by atoms with E-state index < -0.39 is 0 Å². The molecule has 0 radical (unpaired) electrons. The summed E-state index contributed by atoms with van der Waals surface area (Å²) in [6.07, 6.45) is 9.99. The zero-order valence-corrected chi connectivity index (χ0v) is 25.4. The second-order valence-corrected chi connectivity index (χ2v) is 13.0. The molecule has 3 fully saturated rings. The molecule has 1 aliphatic heterocycles. The number of ether oxygens (including phenoxy) is 1. The van der Waals surface area contributed by atoms with Crippen molar-refractivity contribution < 1.29 is 9.53 Å². The SMILES string of the molecule is COc1cc(C(=O)N2C[C@H]3CCC2[C@H]3N)cc2nc(-c3cc4ccc(/C=C/Cc5ccccc5)cc4n3CC3CC3)n(C)c12. The maximum atomic E-state index is 13.7. The van der Waals surface area contributed by atoms with Crippen molar-refractivity contribution in [2.45, 2.75) is 50.7 Å². The van der Waals surface area contributed by atoms with Crippen molar-refractivity contribution in [2.24, 2.45) is 24.6 Å². The number of imidazole rings is 1. The summed E-state index contributed by atoms with van der Waals surface area (Å²) in [7, 11) is 3.71. The van der Waals surface area contributed by atoms with Crippen molar-refractivity contribution in [3.8, 4) is 17.3 Å².